The summed E-state index contributed by atoms with van der Waals surface area (Å²) in [4.78, 5) is 14.6. The highest BCUT2D eigenvalue weighted by Crippen LogP contribution is 2.22. The predicted molar refractivity (Wildman–Crippen MR) is 88.3 cm³/mol. The van der Waals surface area contributed by atoms with Gasteiger partial charge in [0.15, 0.2) is 5.78 Å². The second-order valence-electron chi connectivity index (χ2n) is 6.80. The maximum Gasteiger partial charge on any atom is 0.152 e. The molecule has 1 aliphatic rings. The van der Waals surface area contributed by atoms with Crippen molar-refractivity contribution in [2.45, 2.75) is 71.4 Å². The number of rotatable bonds is 4. The summed E-state index contributed by atoms with van der Waals surface area (Å²) >= 11 is 0. The molecule has 1 rings (SSSR count). The Balaban J connectivity index is 2.75. The van der Waals surface area contributed by atoms with Gasteiger partial charge in [-0.2, -0.15) is 0 Å². The Morgan fingerprint density at radius 3 is 2.71 bits per heavy atom. The molecule has 21 heavy (non-hydrogen) atoms. The van der Waals surface area contributed by atoms with E-state index in [-0.39, 0.29) is 17.7 Å². The molecule has 1 unspecified atom stereocenters. The van der Waals surface area contributed by atoms with Gasteiger partial charge in [0.2, 0.25) is 0 Å². The molecule has 0 aliphatic carbocycles. The van der Waals surface area contributed by atoms with E-state index in [9.17, 15) is 9.90 Å². The molecule has 1 fully saturated rings. The molecule has 4 atom stereocenters. The van der Waals surface area contributed by atoms with Crippen LogP contribution in [0.3, 0.4) is 0 Å². The van der Waals surface area contributed by atoms with Crippen molar-refractivity contribution >= 4 is 5.78 Å². The number of hydrogen-bond acceptors (Lipinski definition) is 3. The molecule has 0 spiro atoms. The maximum atomic E-state index is 12.5. The number of carbonyl (C=O) groups is 1. The van der Waals surface area contributed by atoms with Gasteiger partial charge in [0.05, 0.1) is 12.1 Å². The van der Waals surface area contributed by atoms with Crippen LogP contribution in [-0.2, 0) is 4.79 Å². The second kappa shape index (κ2) is 9.37. The van der Waals surface area contributed by atoms with E-state index in [1.807, 2.05) is 27.0 Å². The number of carbonyl (C=O) groups excluding carboxylic acids is 1. The Bertz CT molecular complexity index is 340. The van der Waals surface area contributed by atoms with E-state index in [4.69, 9.17) is 0 Å². The summed E-state index contributed by atoms with van der Waals surface area (Å²) in [5.41, 5.74) is 0. The zero-order valence-electron chi connectivity index (χ0n) is 14.2. The van der Waals surface area contributed by atoms with Crippen molar-refractivity contribution in [3.05, 3.63) is 12.2 Å². The molecular weight excluding hydrogens is 262 g/mol. The number of ketones is 1. The SMILES string of the molecule is C/C=C/C[C@@H](C)[C@@H](O)[C@H]1C(=O)CCCC(C)CCCN1C. The molecule has 1 N–H and O–H groups in total. The highest BCUT2D eigenvalue weighted by Gasteiger charge is 2.33. The van der Waals surface area contributed by atoms with E-state index in [0.717, 1.165) is 32.2 Å². The molecule has 0 saturated carbocycles. The summed E-state index contributed by atoms with van der Waals surface area (Å²) in [5.74, 6) is 1.03. The smallest absolute Gasteiger partial charge is 0.152 e. The van der Waals surface area contributed by atoms with Crippen LogP contribution in [0, 0.1) is 11.8 Å². The molecule has 0 radical (unpaired) electrons. The van der Waals surface area contributed by atoms with Gasteiger partial charge in [-0.25, -0.2) is 0 Å². The van der Waals surface area contributed by atoms with E-state index in [1.54, 1.807) is 0 Å². The molecule has 0 aromatic carbocycles. The first-order valence-electron chi connectivity index (χ1n) is 8.49. The number of hydrogen-bond donors (Lipinski definition) is 1. The second-order valence-corrected chi connectivity index (χ2v) is 6.80. The summed E-state index contributed by atoms with van der Waals surface area (Å²) in [6, 6.07) is -0.335. The number of aliphatic hydroxyl groups is 1. The zero-order chi connectivity index (χ0) is 15.8. The Kier molecular flexibility index (Phi) is 8.20. The fourth-order valence-electron chi connectivity index (χ4n) is 3.24. The third-order valence-corrected chi connectivity index (χ3v) is 4.78. The Morgan fingerprint density at radius 1 is 1.38 bits per heavy atom. The molecule has 122 valence electrons. The summed E-state index contributed by atoms with van der Waals surface area (Å²) < 4.78 is 0. The number of likely N-dealkylation sites (N-methyl/N-ethyl adjacent to an activating group) is 1. The lowest BCUT2D eigenvalue weighted by Crippen LogP contribution is -2.50. The van der Waals surface area contributed by atoms with Crippen LogP contribution >= 0.6 is 0 Å². The fraction of sp³-hybridized carbons (Fsp3) is 0.833. The van der Waals surface area contributed by atoms with Gasteiger partial charge in [-0.05, 0) is 58.0 Å². The van der Waals surface area contributed by atoms with Crippen LogP contribution in [0.1, 0.15) is 59.3 Å². The van der Waals surface area contributed by atoms with Crippen molar-refractivity contribution in [3.8, 4) is 0 Å². The standard InChI is InChI=1S/C18H33NO2/c1-5-6-11-15(3)18(21)17-16(20)12-7-9-14(2)10-8-13-19(17)4/h5-6,14-15,17-18,21H,7-13H2,1-4H3/b6-5+/t14?,15-,17-,18-/m1/s1. The average Bonchev–Trinajstić information content (AvgIpc) is 2.44. The van der Waals surface area contributed by atoms with E-state index in [1.165, 1.54) is 6.42 Å². The summed E-state index contributed by atoms with van der Waals surface area (Å²) in [5, 5.41) is 10.6. The third kappa shape index (κ3) is 5.91. The molecule has 1 aliphatic heterocycles. The highest BCUT2D eigenvalue weighted by molar-refractivity contribution is 5.84. The van der Waals surface area contributed by atoms with Gasteiger partial charge in [0.25, 0.3) is 0 Å². The fourth-order valence-corrected chi connectivity index (χ4v) is 3.24. The molecule has 0 aromatic rings. The Labute approximate surface area is 130 Å². The van der Waals surface area contributed by atoms with Gasteiger partial charge in [-0.1, -0.05) is 32.4 Å². The van der Waals surface area contributed by atoms with Crippen LogP contribution in [0.15, 0.2) is 12.2 Å². The normalized spacial score (nSPS) is 29.5. The van der Waals surface area contributed by atoms with Crippen molar-refractivity contribution in [1.82, 2.24) is 4.90 Å². The first-order valence-corrected chi connectivity index (χ1v) is 8.49. The zero-order valence-corrected chi connectivity index (χ0v) is 14.2. The topological polar surface area (TPSA) is 40.5 Å². The van der Waals surface area contributed by atoms with Gasteiger partial charge in [0.1, 0.15) is 0 Å². The van der Waals surface area contributed by atoms with Gasteiger partial charge in [0, 0.05) is 6.42 Å². The Morgan fingerprint density at radius 2 is 2.05 bits per heavy atom. The minimum absolute atomic E-state index is 0.111. The molecule has 3 nitrogen and oxygen atoms in total. The van der Waals surface area contributed by atoms with Crippen LogP contribution in [-0.4, -0.2) is 41.5 Å². The van der Waals surface area contributed by atoms with Crippen molar-refractivity contribution in [2.75, 3.05) is 13.6 Å². The van der Waals surface area contributed by atoms with Gasteiger partial charge >= 0.3 is 0 Å². The number of Topliss-reactive ketones (excluding diaryl/α,β-unsaturated/α-hetero) is 1. The summed E-state index contributed by atoms with van der Waals surface area (Å²) in [6.45, 7) is 7.19. The molecule has 1 heterocycles. The minimum atomic E-state index is -0.574. The first-order chi connectivity index (χ1) is 9.97. The minimum Gasteiger partial charge on any atom is -0.391 e. The number of nitrogens with zero attached hydrogens (tertiary/aromatic N) is 1. The molecule has 3 heteroatoms. The molecule has 0 aromatic heterocycles. The van der Waals surface area contributed by atoms with Crippen LogP contribution < -0.4 is 0 Å². The number of allylic oxidation sites excluding steroid dienone is 2. The van der Waals surface area contributed by atoms with Crippen molar-refractivity contribution in [3.63, 3.8) is 0 Å². The average molecular weight is 295 g/mol. The van der Waals surface area contributed by atoms with Gasteiger partial charge in [-0.3, -0.25) is 9.69 Å². The lowest BCUT2D eigenvalue weighted by Gasteiger charge is -2.34. The summed E-state index contributed by atoms with van der Waals surface area (Å²) in [6.07, 6.45) is 9.35. The van der Waals surface area contributed by atoms with Crippen LogP contribution in [0.4, 0.5) is 0 Å². The van der Waals surface area contributed by atoms with E-state index >= 15 is 0 Å². The maximum absolute atomic E-state index is 12.5. The molecule has 0 amide bonds. The van der Waals surface area contributed by atoms with E-state index in [2.05, 4.69) is 17.9 Å². The Hall–Kier alpha value is -0.670. The van der Waals surface area contributed by atoms with Crippen molar-refractivity contribution < 1.29 is 9.90 Å². The van der Waals surface area contributed by atoms with E-state index in [0.29, 0.717) is 12.3 Å². The van der Waals surface area contributed by atoms with Crippen molar-refractivity contribution in [1.29, 1.82) is 0 Å². The highest BCUT2D eigenvalue weighted by atomic mass is 16.3. The van der Waals surface area contributed by atoms with Crippen LogP contribution in [0.25, 0.3) is 0 Å². The quantitative estimate of drug-likeness (QED) is 0.808. The monoisotopic (exact) mass is 295 g/mol. The van der Waals surface area contributed by atoms with Gasteiger partial charge < -0.3 is 5.11 Å². The van der Waals surface area contributed by atoms with E-state index < -0.39 is 6.10 Å². The third-order valence-electron chi connectivity index (χ3n) is 4.78. The molecule has 1 saturated heterocycles. The first kappa shape index (κ1) is 18.4. The number of aliphatic hydroxyl groups excluding tert-OH is 1. The predicted octanol–water partition coefficient (Wildman–Crippen LogP) is 3.42. The molecular formula is C18H33NO2. The van der Waals surface area contributed by atoms with Crippen LogP contribution in [0.2, 0.25) is 0 Å². The lowest BCUT2D eigenvalue weighted by atomic mass is 9.87. The largest absolute Gasteiger partial charge is 0.391 e. The van der Waals surface area contributed by atoms with Crippen LogP contribution in [0.5, 0.6) is 0 Å². The van der Waals surface area contributed by atoms with Gasteiger partial charge in [-0.15, -0.1) is 0 Å². The van der Waals surface area contributed by atoms with Crippen molar-refractivity contribution in [2.24, 2.45) is 11.8 Å². The lowest BCUT2D eigenvalue weighted by molar-refractivity contribution is -0.129. The summed E-state index contributed by atoms with van der Waals surface area (Å²) in [7, 11) is 1.99. The molecule has 0 bridgehead atoms.